The monoisotopic (exact) mass is 367 g/mol. The van der Waals surface area contributed by atoms with E-state index in [-0.39, 0.29) is 24.0 Å². The number of ether oxygens (including phenoxy) is 1. The zero-order valence-corrected chi connectivity index (χ0v) is 16.0. The van der Waals surface area contributed by atoms with Gasteiger partial charge in [-0.2, -0.15) is 5.26 Å². The quantitative estimate of drug-likeness (QED) is 0.553. The molecule has 0 aliphatic carbocycles. The number of carbonyl (C=O) groups is 1. The Morgan fingerprint density at radius 2 is 2.04 bits per heavy atom. The summed E-state index contributed by atoms with van der Waals surface area (Å²) in [6.45, 7) is 6.14. The van der Waals surface area contributed by atoms with Crippen LogP contribution in [0.3, 0.4) is 0 Å². The Bertz CT molecular complexity index is 500. The molecule has 0 aromatic rings. The Kier molecular flexibility index (Phi) is 7.69. The molecule has 0 aromatic heterocycles. The van der Waals surface area contributed by atoms with Crippen LogP contribution >= 0.6 is 0 Å². The normalized spacial score (nSPS) is 25.7. The van der Waals surface area contributed by atoms with Crippen LogP contribution in [0.15, 0.2) is 0 Å². The van der Waals surface area contributed by atoms with E-state index in [1.54, 1.807) is 4.90 Å². The first-order valence-electron chi connectivity index (χ1n) is 9.71. The molecule has 7 heteroatoms. The molecule has 2 fully saturated rings. The Morgan fingerprint density at radius 3 is 2.65 bits per heavy atom. The molecule has 2 aliphatic heterocycles. The minimum atomic E-state index is -0.820. The first kappa shape index (κ1) is 20.9. The van der Waals surface area contributed by atoms with Gasteiger partial charge < -0.3 is 20.3 Å². The molecule has 2 heterocycles. The molecule has 2 aliphatic rings. The van der Waals surface area contributed by atoms with Gasteiger partial charge in [0.05, 0.1) is 12.7 Å². The highest BCUT2D eigenvalue weighted by Gasteiger charge is 2.42. The number of aliphatic hydroxyl groups excluding tert-OH is 2. The van der Waals surface area contributed by atoms with Gasteiger partial charge in [-0.15, -0.1) is 0 Å². The summed E-state index contributed by atoms with van der Waals surface area (Å²) in [4.78, 5) is 14.1. The lowest BCUT2D eigenvalue weighted by atomic mass is 9.70. The fraction of sp³-hybridized carbons (Fsp3) is 0.895. The summed E-state index contributed by atoms with van der Waals surface area (Å²) >= 11 is 0. The summed E-state index contributed by atoms with van der Waals surface area (Å²) in [5.74, 6) is 0.424. The van der Waals surface area contributed by atoms with Crippen LogP contribution in [0.2, 0.25) is 0 Å². The molecule has 1 amide bonds. The number of aliphatic hydroxyl groups is 2. The summed E-state index contributed by atoms with van der Waals surface area (Å²) in [6, 6.07) is -0.335. The zero-order chi connectivity index (χ0) is 19.2. The van der Waals surface area contributed by atoms with Crippen molar-refractivity contribution in [2.75, 3.05) is 26.4 Å². The van der Waals surface area contributed by atoms with Crippen LogP contribution in [-0.2, 0) is 9.53 Å². The second-order valence-electron chi connectivity index (χ2n) is 8.25. The first-order chi connectivity index (χ1) is 12.4. The molecule has 2 saturated heterocycles. The lowest BCUT2D eigenvalue weighted by molar-refractivity contribution is -0.125. The van der Waals surface area contributed by atoms with Crippen LogP contribution in [0.1, 0.15) is 52.4 Å². The minimum Gasteiger partial charge on any atom is -0.394 e. The molecule has 3 N–H and O–H groups in total. The molecule has 0 bridgehead atoms. The molecular weight excluding hydrogens is 334 g/mol. The van der Waals surface area contributed by atoms with Crippen LogP contribution in [0.25, 0.3) is 0 Å². The summed E-state index contributed by atoms with van der Waals surface area (Å²) < 4.78 is 5.47. The Hall–Kier alpha value is -1.36. The van der Waals surface area contributed by atoms with Gasteiger partial charge in [-0.1, -0.05) is 13.8 Å². The number of hydrogen-bond donors (Lipinski definition) is 3. The molecule has 0 spiro atoms. The average Bonchev–Trinajstić information content (AvgIpc) is 3.04. The predicted octanol–water partition coefficient (Wildman–Crippen LogP) is 1.00. The van der Waals surface area contributed by atoms with Gasteiger partial charge in [-0.05, 0) is 49.9 Å². The number of likely N-dealkylation sites (tertiary alicyclic amines) is 1. The van der Waals surface area contributed by atoms with Crippen molar-refractivity contribution in [3.8, 4) is 6.19 Å². The van der Waals surface area contributed by atoms with Gasteiger partial charge in [0.15, 0.2) is 6.19 Å². The van der Waals surface area contributed by atoms with E-state index in [0.29, 0.717) is 25.3 Å². The van der Waals surface area contributed by atoms with E-state index >= 15 is 0 Å². The number of rotatable bonds is 8. The Labute approximate surface area is 156 Å². The van der Waals surface area contributed by atoms with Crippen molar-refractivity contribution in [1.82, 2.24) is 10.2 Å². The van der Waals surface area contributed by atoms with Gasteiger partial charge in [0.2, 0.25) is 5.91 Å². The van der Waals surface area contributed by atoms with Crippen molar-refractivity contribution in [1.29, 1.82) is 5.26 Å². The van der Waals surface area contributed by atoms with E-state index < -0.39 is 12.1 Å². The fourth-order valence-corrected chi connectivity index (χ4v) is 4.32. The van der Waals surface area contributed by atoms with Crippen LogP contribution in [0.5, 0.6) is 0 Å². The molecule has 0 aromatic carbocycles. The van der Waals surface area contributed by atoms with Crippen molar-refractivity contribution >= 4 is 5.91 Å². The van der Waals surface area contributed by atoms with E-state index in [1.165, 1.54) is 0 Å². The second kappa shape index (κ2) is 9.54. The topological polar surface area (TPSA) is 106 Å². The number of hydrogen-bond acceptors (Lipinski definition) is 6. The lowest BCUT2D eigenvalue weighted by Gasteiger charge is -2.40. The summed E-state index contributed by atoms with van der Waals surface area (Å²) in [5.41, 5.74) is 0.111. The zero-order valence-electron chi connectivity index (χ0n) is 16.0. The van der Waals surface area contributed by atoms with Crippen molar-refractivity contribution in [3.05, 3.63) is 0 Å². The Morgan fingerprint density at radius 1 is 1.35 bits per heavy atom. The summed E-state index contributed by atoms with van der Waals surface area (Å²) in [5, 5.41) is 30.6. The third-order valence-corrected chi connectivity index (χ3v) is 6.00. The van der Waals surface area contributed by atoms with Gasteiger partial charge in [0.25, 0.3) is 0 Å². The van der Waals surface area contributed by atoms with Crippen LogP contribution < -0.4 is 5.32 Å². The van der Waals surface area contributed by atoms with Gasteiger partial charge in [0.1, 0.15) is 6.04 Å². The second-order valence-corrected chi connectivity index (χ2v) is 8.25. The molecule has 26 heavy (non-hydrogen) atoms. The van der Waals surface area contributed by atoms with Crippen LogP contribution in [0, 0.1) is 22.8 Å². The Balaban J connectivity index is 1.89. The highest BCUT2D eigenvalue weighted by Crippen LogP contribution is 2.41. The largest absolute Gasteiger partial charge is 0.394 e. The summed E-state index contributed by atoms with van der Waals surface area (Å²) in [6.07, 6.45) is 6.27. The third-order valence-electron chi connectivity index (χ3n) is 6.00. The maximum absolute atomic E-state index is 12.4. The fourth-order valence-electron chi connectivity index (χ4n) is 4.32. The van der Waals surface area contributed by atoms with Crippen molar-refractivity contribution in [2.24, 2.45) is 11.3 Å². The van der Waals surface area contributed by atoms with Gasteiger partial charge >= 0.3 is 0 Å². The molecule has 0 radical (unpaired) electrons. The number of nitrogens with one attached hydrogen (secondary N) is 1. The van der Waals surface area contributed by atoms with Crippen molar-refractivity contribution < 1.29 is 19.7 Å². The highest BCUT2D eigenvalue weighted by atomic mass is 16.5. The van der Waals surface area contributed by atoms with Gasteiger partial charge in [0, 0.05) is 25.8 Å². The lowest BCUT2D eigenvalue weighted by Crippen LogP contribution is -2.45. The number of carbonyl (C=O) groups excluding carboxylic acids is 1. The van der Waals surface area contributed by atoms with E-state index in [2.05, 4.69) is 25.4 Å². The van der Waals surface area contributed by atoms with E-state index in [0.717, 1.165) is 38.9 Å². The smallest absolute Gasteiger partial charge is 0.243 e. The van der Waals surface area contributed by atoms with Crippen LogP contribution in [-0.4, -0.2) is 65.6 Å². The molecule has 2 unspecified atom stereocenters. The third kappa shape index (κ3) is 5.32. The SMILES string of the molecule is CC(C)(CC1CCC(C(=O)NCC[C@H](O)CO)N1C#N)C1CCOCC1. The maximum Gasteiger partial charge on any atom is 0.243 e. The van der Waals surface area contributed by atoms with Crippen molar-refractivity contribution in [2.45, 2.75) is 70.6 Å². The molecule has 148 valence electrons. The molecule has 0 saturated carbocycles. The van der Waals surface area contributed by atoms with E-state index in [4.69, 9.17) is 9.84 Å². The van der Waals surface area contributed by atoms with Crippen molar-refractivity contribution in [3.63, 3.8) is 0 Å². The maximum atomic E-state index is 12.4. The first-order valence-corrected chi connectivity index (χ1v) is 9.71. The van der Waals surface area contributed by atoms with Gasteiger partial charge in [-0.25, -0.2) is 0 Å². The molecule has 3 atom stereocenters. The minimum absolute atomic E-state index is 0.0941. The van der Waals surface area contributed by atoms with E-state index in [1.807, 2.05) is 0 Å². The molecular formula is C19H33N3O4. The standard InChI is InChI=1S/C19H33N3O4/c1-19(2,14-6-9-26-10-7-14)11-15-3-4-17(22(15)13-20)18(25)21-8-5-16(24)12-23/h14-17,23-24H,3-12H2,1-2H3,(H,21,25)/t15?,16-,17?/m0/s1. The molecule has 7 nitrogen and oxygen atoms in total. The predicted molar refractivity (Wildman–Crippen MR) is 96.9 cm³/mol. The van der Waals surface area contributed by atoms with E-state index in [9.17, 15) is 15.2 Å². The van der Waals surface area contributed by atoms with Crippen LogP contribution in [0.4, 0.5) is 0 Å². The number of nitrogens with zero attached hydrogens (tertiary/aromatic N) is 2. The number of amides is 1. The highest BCUT2D eigenvalue weighted by molar-refractivity contribution is 5.82. The number of nitriles is 1. The average molecular weight is 367 g/mol. The summed E-state index contributed by atoms with van der Waals surface area (Å²) in [7, 11) is 0. The molecule has 2 rings (SSSR count). The van der Waals surface area contributed by atoms with Gasteiger partial charge in [-0.3, -0.25) is 9.69 Å².